The van der Waals surface area contributed by atoms with E-state index in [4.69, 9.17) is 9.84 Å². The molecular weight excluding hydrogens is 286 g/mol. The summed E-state index contributed by atoms with van der Waals surface area (Å²) in [5, 5.41) is 11.1. The summed E-state index contributed by atoms with van der Waals surface area (Å²) in [6.45, 7) is 1.79. The van der Waals surface area contributed by atoms with Crippen LogP contribution in [0.5, 0.6) is 5.75 Å². The van der Waals surface area contributed by atoms with Gasteiger partial charge in [-0.15, -0.1) is 0 Å². The number of carbonyl (C=O) groups is 2. The standard InChI is InChI=1S/C12H13NO6S/c1-2-9-12(16)13-8-5-7(3-4-10(8)19-9)20(17,18)6-11(14)15/h3-5,9H,2,6H2,1H3,(H,13,16)(H,14,15). The van der Waals surface area contributed by atoms with Crippen molar-refractivity contribution in [3.63, 3.8) is 0 Å². The highest BCUT2D eigenvalue weighted by molar-refractivity contribution is 7.92. The molecule has 7 nitrogen and oxygen atoms in total. The molecule has 2 rings (SSSR count). The molecule has 0 fully saturated rings. The van der Waals surface area contributed by atoms with Crippen LogP contribution in [0.2, 0.25) is 0 Å². The molecule has 108 valence electrons. The highest BCUT2D eigenvalue weighted by Gasteiger charge is 2.28. The Morgan fingerprint density at radius 1 is 1.45 bits per heavy atom. The van der Waals surface area contributed by atoms with Crippen molar-refractivity contribution in [3.8, 4) is 5.75 Å². The molecule has 1 heterocycles. The van der Waals surface area contributed by atoms with E-state index < -0.39 is 27.7 Å². The summed E-state index contributed by atoms with van der Waals surface area (Å²) in [7, 11) is -3.94. The van der Waals surface area contributed by atoms with Crippen molar-refractivity contribution in [1.82, 2.24) is 0 Å². The maximum Gasteiger partial charge on any atom is 0.319 e. The van der Waals surface area contributed by atoms with Crippen LogP contribution in [0.25, 0.3) is 0 Å². The smallest absolute Gasteiger partial charge is 0.319 e. The minimum atomic E-state index is -3.94. The van der Waals surface area contributed by atoms with Gasteiger partial charge in [0, 0.05) is 0 Å². The summed E-state index contributed by atoms with van der Waals surface area (Å²) in [5.41, 5.74) is 0.228. The van der Waals surface area contributed by atoms with Crippen LogP contribution < -0.4 is 10.1 Å². The summed E-state index contributed by atoms with van der Waals surface area (Å²) in [6.07, 6.45) is -0.117. The van der Waals surface area contributed by atoms with E-state index in [1.165, 1.54) is 18.2 Å². The van der Waals surface area contributed by atoms with Gasteiger partial charge in [0.2, 0.25) is 0 Å². The van der Waals surface area contributed by atoms with Gasteiger partial charge in [-0.05, 0) is 24.6 Å². The Morgan fingerprint density at radius 2 is 2.15 bits per heavy atom. The lowest BCUT2D eigenvalue weighted by Gasteiger charge is -2.25. The average molecular weight is 299 g/mol. The maximum absolute atomic E-state index is 11.8. The maximum atomic E-state index is 11.8. The minimum Gasteiger partial charge on any atom is -0.480 e. The number of aliphatic carboxylic acids is 1. The third kappa shape index (κ3) is 2.74. The molecule has 0 spiro atoms. The van der Waals surface area contributed by atoms with Crippen molar-refractivity contribution in [2.45, 2.75) is 24.3 Å². The summed E-state index contributed by atoms with van der Waals surface area (Å²) in [5.74, 6) is -2.43. The second kappa shape index (κ2) is 5.12. The van der Waals surface area contributed by atoms with Gasteiger partial charge in [0.05, 0.1) is 10.6 Å². The monoisotopic (exact) mass is 299 g/mol. The molecule has 0 bridgehead atoms. The molecule has 1 amide bonds. The zero-order chi connectivity index (χ0) is 14.9. The molecule has 0 saturated carbocycles. The number of carboxylic acids is 1. The van der Waals surface area contributed by atoms with Gasteiger partial charge in [-0.2, -0.15) is 0 Å². The molecule has 2 N–H and O–H groups in total. The van der Waals surface area contributed by atoms with Crippen molar-refractivity contribution >= 4 is 27.4 Å². The Balaban J connectivity index is 2.36. The zero-order valence-corrected chi connectivity index (χ0v) is 11.4. The molecule has 20 heavy (non-hydrogen) atoms. The second-order valence-electron chi connectivity index (χ2n) is 4.31. The van der Waals surface area contributed by atoms with E-state index in [2.05, 4.69) is 5.32 Å². The third-order valence-electron chi connectivity index (χ3n) is 2.81. The second-order valence-corrected chi connectivity index (χ2v) is 6.30. The molecule has 1 unspecified atom stereocenters. The fraction of sp³-hybridized carbons (Fsp3) is 0.333. The van der Waals surface area contributed by atoms with E-state index in [0.717, 1.165) is 0 Å². The van der Waals surface area contributed by atoms with Crippen LogP contribution in [-0.4, -0.2) is 37.3 Å². The molecule has 0 aromatic heterocycles. The van der Waals surface area contributed by atoms with Crippen LogP contribution in [0, 0.1) is 0 Å². The van der Waals surface area contributed by atoms with Gasteiger partial charge in [0.25, 0.3) is 5.91 Å². The van der Waals surface area contributed by atoms with E-state index >= 15 is 0 Å². The molecule has 1 aliphatic rings. The van der Waals surface area contributed by atoms with Crippen LogP contribution >= 0.6 is 0 Å². The number of rotatable bonds is 4. The first kappa shape index (κ1) is 14.3. The van der Waals surface area contributed by atoms with E-state index in [0.29, 0.717) is 12.2 Å². The summed E-state index contributed by atoms with van der Waals surface area (Å²) in [6, 6.07) is 3.88. The molecule has 0 aliphatic carbocycles. The van der Waals surface area contributed by atoms with E-state index in [9.17, 15) is 18.0 Å². The number of carboxylic acid groups (broad SMARTS) is 1. The van der Waals surface area contributed by atoms with Gasteiger partial charge in [0.15, 0.2) is 21.7 Å². The van der Waals surface area contributed by atoms with E-state index in [1.54, 1.807) is 6.92 Å². The van der Waals surface area contributed by atoms with Gasteiger partial charge in [0.1, 0.15) is 5.75 Å². The van der Waals surface area contributed by atoms with Crippen LogP contribution in [0.1, 0.15) is 13.3 Å². The Labute approximate surface area is 115 Å². The molecule has 8 heteroatoms. The largest absolute Gasteiger partial charge is 0.480 e. The number of carbonyl (C=O) groups excluding carboxylic acids is 1. The van der Waals surface area contributed by atoms with Crippen molar-refractivity contribution < 1.29 is 27.9 Å². The van der Waals surface area contributed by atoms with E-state index in [-0.39, 0.29) is 16.5 Å². The number of fused-ring (bicyclic) bond motifs is 1. The van der Waals surface area contributed by atoms with Gasteiger partial charge < -0.3 is 15.2 Å². The predicted molar refractivity (Wildman–Crippen MR) is 69.5 cm³/mol. The van der Waals surface area contributed by atoms with E-state index in [1.807, 2.05) is 0 Å². The molecule has 1 atom stereocenters. The van der Waals surface area contributed by atoms with Crippen molar-refractivity contribution in [2.24, 2.45) is 0 Å². The number of ether oxygens (including phenoxy) is 1. The lowest BCUT2D eigenvalue weighted by molar-refractivity contribution is -0.134. The first-order valence-corrected chi connectivity index (χ1v) is 7.55. The van der Waals surface area contributed by atoms with Crippen molar-refractivity contribution in [3.05, 3.63) is 18.2 Å². The van der Waals surface area contributed by atoms with Crippen molar-refractivity contribution in [2.75, 3.05) is 11.1 Å². The number of amides is 1. The van der Waals surface area contributed by atoms with Gasteiger partial charge >= 0.3 is 5.97 Å². The van der Waals surface area contributed by atoms with Crippen molar-refractivity contribution in [1.29, 1.82) is 0 Å². The molecule has 1 aliphatic heterocycles. The summed E-state index contributed by atoms with van der Waals surface area (Å²) in [4.78, 5) is 22.0. The van der Waals surface area contributed by atoms with Gasteiger partial charge in [-0.25, -0.2) is 8.42 Å². The summed E-state index contributed by atoms with van der Waals surface area (Å²) < 4.78 is 29.0. The van der Waals surface area contributed by atoms with Gasteiger partial charge in [-0.3, -0.25) is 9.59 Å². The van der Waals surface area contributed by atoms with Crippen LogP contribution in [0.15, 0.2) is 23.1 Å². The predicted octanol–water partition coefficient (Wildman–Crippen LogP) is 0.654. The normalized spacial score (nSPS) is 17.9. The highest BCUT2D eigenvalue weighted by atomic mass is 32.2. The number of hydrogen-bond acceptors (Lipinski definition) is 5. The topological polar surface area (TPSA) is 110 Å². The lowest BCUT2D eigenvalue weighted by atomic mass is 10.2. The Hall–Kier alpha value is -2.09. The third-order valence-corrected chi connectivity index (χ3v) is 4.41. The number of nitrogens with one attached hydrogen (secondary N) is 1. The minimum absolute atomic E-state index is 0.169. The van der Waals surface area contributed by atoms with Crippen LogP contribution in [0.3, 0.4) is 0 Å². The molecular formula is C12H13NO6S. The zero-order valence-electron chi connectivity index (χ0n) is 10.6. The molecule has 1 aromatic carbocycles. The lowest BCUT2D eigenvalue weighted by Crippen LogP contribution is -2.36. The highest BCUT2D eigenvalue weighted by Crippen LogP contribution is 2.32. The number of hydrogen-bond donors (Lipinski definition) is 2. The SMILES string of the molecule is CCC1Oc2ccc(S(=O)(=O)CC(=O)O)cc2NC1=O. The van der Waals surface area contributed by atoms with Gasteiger partial charge in [-0.1, -0.05) is 6.92 Å². The van der Waals surface area contributed by atoms with Crippen LogP contribution in [-0.2, 0) is 19.4 Å². The first-order chi connectivity index (χ1) is 9.33. The fourth-order valence-electron chi connectivity index (χ4n) is 1.84. The number of anilines is 1. The number of sulfone groups is 1. The Morgan fingerprint density at radius 3 is 2.75 bits per heavy atom. The Kier molecular flexibility index (Phi) is 3.67. The first-order valence-electron chi connectivity index (χ1n) is 5.89. The Bertz CT molecular complexity index is 667. The average Bonchev–Trinajstić information content (AvgIpc) is 2.35. The molecule has 0 radical (unpaired) electrons. The van der Waals surface area contributed by atoms with Crippen LogP contribution in [0.4, 0.5) is 5.69 Å². The number of benzene rings is 1. The quantitative estimate of drug-likeness (QED) is 0.845. The fourth-order valence-corrected chi connectivity index (χ4v) is 2.90. The molecule has 1 aromatic rings. The molecule has 0 saturated heterocycles. The summed E-state index contributed by atoms with van der Waals surface area (Å²) >= 11 is 0.